The molecule has 0 amide bonds. The van der Waals surface area contributed by atoms with E-state index in [2.05, 4.69) is 36.5 Å². The molecule has 0 aromatic heterocycles. The summed E-state index contributed by atoms with van der Waals surface area (Å²) in [6.07, 6.45) is 8.29. The van der Waals surface area contributed by atoms with Gasteiger partial charge in [0.2, 0.25) is 0 Å². The first-order chi connectivity index (χ1) is 10.3. The van der Waals surface area contributed by atoms with E-state index in [9.17, 15) is 0 Å². The van der Waals surface area contributed by atoms with E-state index in [0.29, 0.717) is 0 Å². The maximum absolute atomic E-state index is 5.70. The highest BCUT2D eigenvalue weighted by atomic mass is 16.5. The molecule has 3 atom stereocenters. The van der Waals surface area contributed by atoms with Gasteiger partial charge in [0.15, 0.2) is 0 Å². The summed E-state index contributed by atoms with van der Waals surface area (Å²) in [5.41, 5.74) is 1.36. The van der Waals surface area contributed by atoms with Gasteiger partial charge in [0.1, 0.15) is 5.75 Å². The Morgan fingerprint density at radius 1 is 1.14 bits per heavy atom. The van der Waals surface area contributed by atoms with E-state index in [1.54, 1.807) is 0 Å². The topological polar surface area (TPSA) is 21.3 Å². The fourth-order valence-corrected chi connectivity index (χ4v) is 4.07. The summed E-state index contributed by atoms with van der Waals surface area (Å²) in [6, 6.07) is 8.58. The number of rotatable bonds is 8. The molecule has 0 radical (unpaired) electrons. The van der Waals surface area contributed by atoms with Gasteiger partial charge in [0.05, 0.1) is 6.61 Å². The number of hydrogen-bond donors (Lipinski definition) is 1. The van der Waals surface area contributed by atoms with Gasteiger partial charge in [-0.15, -0.1) is 0 Å². The van der Waals surface area contributed by atoms with Crippen LogP contribution in [0.1, 0.15) is 51.0 Å². The van der Waals surface area contributed by atoms with Crippen molar-refractivity contribution in [2.45, 2.75) is 52.0 Å². The standard InChI is InChI=1S/C19H29NO/c1-2-3-10-21-19-8-5-15(6-9-19)13-20-14-18-12-16-4-7-17(18)11-16/h5-6,8-9,16-18,20H,2-4,7,10-14H2,1H3. The van der Waals surface area contributed by atoms with Crippen LogP contribution in [0.5, 0.6) is 5.75 Å². The number of ether oxygens (including phenoxy) is 1. The van der Waals surface area contributed by atoms with Crippen molar-refractivity contribution in [1.82, 2.24) is 5.32 Å². The molecule has 3 unspecified atom stereocenters. The summed E-state index contributed by atoms with van der Waals surface area (Å²) >= 11 is 0. The molecule has 116 valence electrons. The predicted octanol–water partition coefficient (Wildman–Crippen LogP) is 4.39. The third kappa shape index (κ3) is 4.00. The first-order valence-corrected chi connectivity index (χ1v) is 8.77. The van der Waals surface area contributed by atoms with E-state index in [-0.39, 0.29) is 0 Å². The van der Waals surface area contributed by atoms with Crippen molar-refractivity contribution in [1.29, 1.82) is 0 Å². The fraction of sp³-hybridized carbons (Fsp3) is 0.684. The number of benzene rings is 1. The van der Waals surface area contributed by atoms with Gasteiger partial charge < -0.3 is 10.1 Å². The Bertz CT molecular complexity index is 428. The van der Waals surface area contributed by atoms with Crippen LogP contribution in [0.4, 0.5) is 0 Å². The first-order valence-electron chi connectivity index (χ1n) is 8.77. The molecule has 0 spiro atoms. The van der Waals surface area contributed by atoms with Gasteiger partial charge in [0, 0.05) is 6.54 Å². The molecule has 1 aromatic carbocycles. The number of fused-ring (bicyclic) bond motifs is 2. The van der Waals surface area contributed by atoms with Crippen LogP contribution in [0.2, 0.25) is 0 Å². The zero-order valence-corrected chi connectivity index (χ0v) is 13.3. The van der Waals surface area contributed by atoms with E-state index in [1.165, 1.54) is 44.2 Å². The van der Waals surface area contributed by atoms with Gasteiger partial charge in [0.25, 0.3) is 0 Å². The van der Waals surface area contributed by atoms with Crippen LogP contribution in [0.25, 0.3) is 0 Å². The van der Waals surface area contributed by atoms with Crippen LogP contribution < -0.4 is 10.1 Å². The largest absolute Gasteiger partial charge is 0.494 e. The fourth-order valence-electron chi connectivity index (χ4n) is 4.07. The predicted molar refractivity (Wildman–Crippen MR) is 87.5 cm³/mol. The highest BCUT2D eigenvalue weighted by Gasteiger charge is 2.38. The Morgan fingerprint density at radius 3 is 2.67 bits per heavy atom. The van der Waals surface area contributed by atoms with E-state index in [0.717, 1.165) is 43.1 Å². The van der Waals surface area contributed by atoms with Gasteiger partial charge >= 0.3 is 0 Å². The lowest BCUT2D eigenvalue weighted by atomic mass is 9.89. The monoisotopic (exact) mass is 287 g/mol. The molecule has 0 aliphatic heterocycles. The summed E-state index contributed by atoms with van der Waals surface area (Å²) in [5.74, 6) is 4.03. The van der Waals surface area contributed by atoms with E-state index in [1.807, 2.05) is 0 Å². The van der Waals surface area contributed by atoms with Crippen molar-refractivity contribution in [3.8, 4) is 5.75 Å². The Morgan fingerprint density at radius 2 is 2.00 bits per heavy atom. The zero-order chi connectivity index (χ0) is 14.5. The van der Waals surface area contributed by atoms with E-state index < -0.39 is 0 Å². The van der Waals surface area contributed by atoms with Crippen molar-refractivity contribution in [3.05, 3.63) is 29.8 Å². The first kappa shape index (κ1) is 14.9. The van der Waals surface area contributed by atoms with Gasteiger partial charge in [-0.3, -0.25) is 0 Å². The lowest BCUT2D eigenvalue weighted by molar-refractivity contribution is 0.309. The van der Waals surface area contributed by atoms with Crippen molar-refractivity contribution in [2.75, 3.05) is 13.2 Å². The van der Waals surface area contributed by atoms with Crippen LogP contribution in [-0.4, -0.2) is 13.2 Å². The van der Waals surface area contributed by atoms with Crippen LogP contribution in [0, 0.1) is 17.8 Å². The minimum atomic E-state index is 0.832. The van der Waals surface area contributed by atoms with E-state index in [4.69, 9.17) is 4.74 Å². The number of unbranched alkanes of at least 4 members (excludes halogenated alkanes) is 1. The molecule has 2 aliphatic carbocycles. The Kier molecular flexibility index (Phi) is 5.18. The third-order valence-electron chi connectivity index (χ3n) is 5.31. The van der Waals surface area contributed by atoms with E-state index >= 15 is 0 Å². The molecule has 2 nitrogen and oxygen atoms in total. The van der Waals surface area contributed by atoms with Crippen molar-refractivity contribution in [3.63, 3.8) is 0 Å². The molecule has 2 fully saturated rings. The molecule has 2 bridgehead atoms. The molecule has 0 saturated heterocycles. The third-order valence-corrected chi connectivity index (χ3v) is 5.31. The van der Waals surface area contributed by atoms with Gasteiger partial charge in [-0.1, -0.05) is 31.9 Å². The normalized spacial score (nSPS) is 27.2. The maximum atomic E-state index is 5.70. The van der Waals surface area contributed by atoms with Gasteiger partial charge in [-0.25, -0.2) is 0 Å². The summed E-state index contributed by atoms with van der Waals surface area (Å²) in [4.78, 5) is 0. The van der Waals surface area contributed by atoms with Crippen LogP contribution >= 0.6 is 0 Å². The quantitative estimate of drug-likeness (QED) is 0.716. The Hall–Kier alpha value is -1.02. The highest BCUT2D eigenvalue weighted by Crippen LogP contribution is 2.47. The second-order valence-corrected chi connectivity index (χ2v) is 6.91. The molecular formula is C19H29NO. The second kappa shape index (κ2) is 7.31. The van der Waals surface area contributed by atoms with Crippen molar-refractivity contribution < 1.29 is 4.74 Å². The molecule has 2 heteroatoms. The van der Waals surface area contributed by atoms with Gasteiger partial charge in [-0.2, -0.15) is 0 Å². The summed E-state index contributed by atoms with van der Waals surface area (Å²) in [7, 11) is 0. The Balaban J connectivity index is 1.37. The molecular weight excluding hydrogens is 258 g/mol. The number of hydrogen-bond acceptors (Lipinski definition) is 2. The molecule has 0 heterocycles. The number of nitrogens with one attached hydrogen (secondary N) is 1. The molecule has 1 aromatic rings. The summed E-state index contributed by atoms with van der Waals surface area (Å²) in [6.45, 7) is 5.21. The summed E-state index contributed by atoms with van der Waals surface area (Å²) in [5, 5.41) is 3.66. The molecule has 21 heavy (non-hydrogen) atoms. The maximum Gasteiger partial charge on any atom is 0.119 e. The smallest absolute Gasteiger partial charge is 0.119 e. The van der Waals surface area contributed by atoms with Crippen LogP contribution in [0.3, 0.4) is 0 Å². The molecule has 1 N–H and O–H groups in total. The van der Waals surface area contributed by atoms with Crippen LogP contribution in [0.15, 0.2) is 24.3 Å². The molecule has 2 saturated carbocycles. The average Bonchev–Trinajstić information content (AvgIpc) is 3.12. The molecule has 3 rings (SSSR count). The van der Waals surface area contributed by atoms with Crippen LogP contribution in [-0.2, 0) is 6.54 Å². The van der Waals surface area contributed by atoms with Crippen molar-refractivity contribution in [2.24, 2.45) is 17.8 Å². The lowest BCUT2D eigenvalue weighted by Gasteiger charge is -2.21. The lowest BCUT2D eigenvalue weighted by Crippen LogP contribution is -2.26. The van der Waals surface area contributed by atoms with Crippen molar-refractivity contribution >= 4 is 0 Å². The minimum Gasteiger partial charge on any atom is -0.494 e. The molecule has 2 aliphatic rings. The summed E-state index contributed by atoms with van der Waals surface area (Å²) < 4.78 is 5.70. The van der Waals surface area contributed by atoms with Gasteiger partial charge in [-0.05, 0) is 67.7 Å². The highest BCUT2D eigenvalue weighted by molar-refractivity contribution is 5.27. The second-order valence-electron chi connectivity index (χ2n) is 6.91. The minimum absolute atomic E-state index is 0.832. The SMILES string of the molecule is CCCCOc1ccc(CNCC2CC3CCC2C3)cc1. The zero-order valence-electron chi connectivity index (χ0n) is 13.3. The average molecular weight is 287 g/mol. The Labute approximate surface area is 129 Å².